The molecule has 9 heteroatoms. The third kappa shape index (κ3) is 11.5. The second kappa shape index (κ2) is 24.2. The Morgan fingerprint density at radius 3 is 1.69 bits per heavy atom. The van der Waals surface area contributed by atoms with Gasteiger partial charge in [-0.05, 0) is 116 Å². The monoisotopic (exact) mass is 918 g/mol. The average Bonchev–Trinajstić information content (AvgIpc) is 3.31. The fraction of sp³-hybridized carbons (Fsp3) is 0.429. The molecule has 6 rings (SSSR count). The van der Waals surface area contributed by atoms with Crippen molar-refractivity contribution in [3.05, 3.63) is 112 Å². The average molecular weight is 919 g/mol. The molecule has 7 nitrogen and oxygen atoms in total. The molecule has 4 atom stereocenters. The van der Waals surface area contributed by atoms with Gasteiger partial charge in [-0.3, -0.25) is 0 Å². The van der Waals surface area contributed by atoms with E-state index >= 15 is 0 Å². The largest absolute Gasteiger partial charge is 0.496 e. The second-order valence-electron chi connectivity index (χ2n) is 16.8. The first-order chi connectivity index (χ1) is 31.7. The molecule has 0 spiro atoms. The minimum absolute atomic E-state index is 0.0186. The number of benzene rings is 6. The summed E-state index contributed by atoms with van der Waals surface area (Å²) < 4.78 is 47.8. The quantitative estimate of drug-likeness (QED) is 0.0530. The molecule has 4 unspecified atom stereocenters. The Balaban J connectivity index is 1.50. The van der Waals surface area contributed by atoms with Gasteiger partial charge in [-0.25, -0.2) is 0 Å². The fourth-order valence-electron chi connectivity index (χ4n) is 8.70. The molecule has 0 saturated carbocycles. The molecule has 0 aromatic heterocycles. The number of aryl methyl sites for hydroxylation is 6. The standard InChI is InChI=1S/C56H72O7P2/c1-12-21-38-29-32-45-41(33-38)31-28-37(9)52(45)61-48(24-15-4)65-63-55-43(23-14-3)35-46(59-18-7)56(58-11)50(55)49-53(57-10)39(16-5)34-42(22-13-2)54(49)62-64-47(17-6)60-51-36(8)27-30-40-25-19-20-26-44(40)51/h19-20,25-35,47-48,64-65H,12-18,21-24H2,1-11H3. The number of hydrogen-bond donors (Lipinski definition) is 0. The highest BCUT2D eigenvalue weighted by Crippen LogP contribution is 2.57. The summed E-state index contributed by atoms with van der Waals surface area (Å²) in [5.74, 6) is 4.90. The first-order valence-corrected chi connectivity index (χ1v) is 25.9. The highest BCUT2D eigenvalue weighted by molar-refractivity contribution is 7.33. The van der Waals surface area contributed by atoms with Gasteiger partial charge in [-0.15, -0.1) is 0 Å². The van der Waals surface area contributed by atoms with Crippen LogP contribution in [0.4, 0.5) is 0 Å². The molecule has 0 saturated heterocycles. The lowest BCUT2D eigenvalue weighted by molar-refractivity contribution is 0.265. The fourth-order valence-corrected chi connectivity index (χ4v) is 10.6. The number of rotatable bonds is 25. The van der Waals surface area contributed by atoms with E-state index in [9.17, 15) is 0 Å². The summed E-state index contributed by atoms with van der Waals surface area (Å²) in [6.45, 7) is 19.9. The molecule has 0 amide bonds. The molecule has 0 heterocycles. The maximum absolute atomic E-state index is 7.28. The Kier molecular flexibility index (Phi) is 18.5. The molecular formula is C56H72O7P2. The topological polar surface area (TPSA) is 64.6 Å². The second-order valence-corrected chi connectivity index (χ2v) is 19.0. The third-order valence-electron chi connectivity index (χ3n) is 11.9. The molecule has 0 radical (unpaired) electrons. The maximum atomic E-state index is 7.28. The highest BCUT2D eigenvalue weighted by atomic mass is 31.1. The Morgan fingerprint density at radius 1 is 0.508 bits per heavy atom. The van der Waals surface area contributed by atoms with E-state index < -0.39 is 0 Å². The van der Waals surface area contributed by atoms with Crippen molar-refractivity contribution in [2.75, 3.05) is 20.8 Å². The molecule has 0 aliphatic carbocycles. The van der Waals surface area contributed by atoms with Gasteiger partial charge in [-0.1, -0.05) is 134 Å². The summed E-state index contributed by atoms with van der Waals surface area (Å²) in [5, 5.41) is 4.57. The van der Waals surface area contributed by atoms with E-state index in [1.54, 1.807) is 14.2 Å². The summed E-state index contributed by atoms with van der Waals surface area (Å²) in [5.41, 5.74) is 8.38. The summed E-state index contributed by atoms with van der Waals surface area (Å²) in [6.07, 6.45) is 8.88. The third-order valence-corrected chi connectivity index (χ3v) is 14.0. The first-order valence-electron chi connectivity index (χ1n) is 24.0. The van der Waals surface area contributed by atoms with Crippen molar-refractivity contribution in [1.29, 1.82) is 0 Å². The van der Waals surface area contributed by atoms with Gasteiger partial charge in [-0.2, -0.15) is 0 Å². The van der Waals surface area contributed by atoms with E-state index in [2.05, 4.69) is 134 Å². The molecule has 0 aliphatic heterocycles. The van der Waals surface area contributed by atoms with Crippen LogP contribution in [0.3, 0.4) is 0 Å². The number of ether oxygens (including phenoxy) is 5. The van der Waals surface area contributed by atoms with Crippen molar-refractivity contribution in [2.45, 2.75) is 138 Å². The van der Waals surface area contributed by atoms with Gasteiger partial charge in [0.05, 0.1) is 32.0 Å². The summed E-state index contributed by atoms with van der Waals surface area (Å²) in [7, 11) is 3.42. The smallest absolute Gasteiger partial charge is 0.172 e. The van der Waals surface area contributed by atoms with E-state index in [-0.39, 0.29) is 29.3 Å². The van der Waals surface area contributed by atoms with Gasteiger partial charge in [0.2, 0.25) is 0 Å². The van der Waals surface area contributed by atoms with Crippen LogP contribution in [-0.2, 0) is 25.7 Å². The molecule has 6 aromatic rings. The van der Waals surface area contributed by atoms with Crippen LogP contribution >= 0.6 is 17.6 Å². The van der Waals surface area contributed by atoms with Gasteiger partial charge in [0.1, 0.15) is 46.4 Å². The van der Waals surface area contributed by atoms with Crippen molar-refractivity contribution < 1.29 is 32.7 Å². The van der Waals surface area contributed by atoms with E-state index in [4.69, 9.17) is 32.7 Å². The molecule has 348 valence electrons. The molecule has 6 aromatic carbocycles. The van der Waals surface area contributed by atoms with Crippen LogP contribution in [0.2, 0.25) is 0 Å². The van der Waals surface area contributed by atoms with Gasteiger partial charge < -0.3 is 32.7 Å². The SMILES string of the molecule is CCCc1ccc2c(OC(CCC)POc3c(CCC)cc(OCC)c(OC)c3-c3c(OC)c(CC)cc(CCC)c3OPC(CC)Oc3c(C)ccc4ccccc34)c(C)ccc2c1. The van der Waals surface area contributed by atoms with Crippen LogP contribution in [0.25, 0.3) is 32.7 Å². The number of fused-ring (bicyclic) bond motifs is 2. The van der Waals surface area contributed by atoms with Crippen LogP contribution < -0.4 is 32.7 Å². The maximum Gasteiger partial charge on any atom is 0.172 e. The number of methoxy groups -OCH3 is 2. The normalized spacial score (nSPS) is 12.7. The Labute approximate surface area is 393 Å². The van der Waals surface area contributed by atoms with Crippen LogP contribution in [-0.4, -0.2) is 32.5 Å². The van der Waals surface area contributed by atoms with Crippen LogP contribution in [0, 0.1) is 13.8 Å². The van der Waals surface area contributed by atoms with Crippen LogP contribution in [0.5, 0.6) is 40.2 Å². The van der Waals surface area contributed by atoms with E-state index in [1.165, 1.54) is 10.9 Å². The summed E-state index contributed by atoms with van der Waals surface area (Å²) in [4.78, 5) is 0. The van der Waals surface area contributed by atoms with Gasteiger partial charge in [0, 0.05) is 10.8 Å². The Morgan fingerprint density at radius 2 is 1.09 bits per heavy atom. The molecule has 65 heavy (non-hydrogen) atoms. The van der Waals surface area contributed by atoms with E-state index in [0.717, 1.165) is 148 Å². The molecule has 0 fully saturated rings. The molecule has 0 N–H and O–H groups in total. The van der Waals surface area contributed by atoms with E-state index in [1.807, 2.05) is 6.92 Å². The van der Waals surface area contributed by atoms with Crippen molar-refractivity contribution >= 4 is 39.2 Å². The summed E-state index contributed by atoms with van der Waals surface area (Å²) >= 11 is 0. The zero-order valence-corrected chi connectivity index (χ0v) is 42.8. The minimum Gasteiger partial charge on any atom is -0.496 e. The van der Waals surface area contributed by atoms with Crippen LogP contribution in [0.1, 0.15) is 120 Å². The lowest BCUT2D eigenvalue weighted by atomic mass is 9.90. The minimum atomic E-state index is -0.203. The van der Waals surface area contributed by atoms with Crippen molar-refractivity contribution in [1.82, 2.24) is 0 Å². The van der Waals surface area contributed by atoms with Crippen LogP contribution in [0.15, 0.2) is 78.9 Å². The summed E-state index contributed by atoms with van der Waals surface area (Å²) in [6, 6.07) is 28.2. The molecular weight excluding hydrogens is 847 g/mol. The van der Waals surface area contributed by atoms with Crippen molar-refractivity contribution in [3.8, 4) is 51.4 Å². The highest BCUT2D eigenvalue weighted by Gasteiger charge is 2.32. The van der Waals surface area contributed by atoms with Crippen molar-refractivity contribution in [3.63, 3.8) is 0 Å². The lowest BCUT2D eigenvalue weighted by Crippen LogP contribution is -2.14. The zero-order chi connectivity index (χ0) is 46.5. The van der Waals surface area contributed by atoms with E-state index in [0.29, 0.717) is 18.1 Å². The van der Waals surface area contributed by atoms with Crippen molar-refractivity contribution in [2.24, 2.45) is 0 Å². The van der Waals surface area contributed by atoms with Gasteiger partial charge >= 0.3 is 0 Å². The zero-order valence-electron chi connectivity index (χ0n) is 40.8. The first kappa shape index (κ1) is 49.7. The molecule has 0 aliphatic rings. The molecule has 0 bridgehead atoms. The Bertz CT molecular complexity index is 2520. The Hall–Kier alpha value is -4.70. The predicted octanol–water partition coefficient (Wildman–Crippen LogP) is 16.1. The van der Waals surface area contributed by atoms with Gasteiger partial charge in [0.25, 0.3) is 0 Å². The van der Waals surface area contributed by atoms with Gasteiger partial charge in [0.15, 0.2) is 23.2 Å². The predicted molar refractivity (Wildman–Crippen MR) is 277 cm³/mol. The number of hydrogen-bond acceptors (Lipinski definition) is 7. The lowest BCUT2D eigenvalue weighted by Gasteiger charge is -2.28.